The van der Waals surface area contributed by atoms with E-state index in [9.17, 15) is 19.5 Å². The maximum absolute atomic E-state index is 14.3. The van der Waals surface area contributed by atoms with E-state index < -0.39 is 67.2 Å². The molecule has 278 valence electrons. The van der Waals surface area contributed by atoms with Gasteiger partial charge in [-0.25, -0.2) is 4.79 Å². The molecular weight excluding hydrogens is 686 g/mol. The Bertz CT molecular complexity index is 2120. The Balaban J connectivity index is 1.23. The Morgan fingerprint density at radius 1 is 0.704 bits per heavy atom. The number of methoxy groups -OCH3 is 1. The monoisotopic (exact) mass is 729 g/mol. The zero-order valence-corrected chi connectivity index (χ0v) is 29.9. The summed E-state index contributed by atoms with van der Waals surface area (Å²) in [5.41, 5.74) is 2.36. The van der Waals surface area contributed by atoms with Crippen molar-refractivity contribution in [1.29, 1.82) is 0 Å². The lowest BCUT2D eigenvalue weighted by Crippen LogP contribution is -2.63. The van der Waals surface area contributed by atoms with Crippen molar-refractivity contribution in [2.24, 2.45) is 11.8 Å². The first-order valence-electron chi connectivity index (χ1n) is 18.2. The number of carbonyl (C=O) groups excluding carboxylic acids is 3. The molecule has 2 heterocycles. The minimum Gasteiger partial charge on any atom is -0.454 e. The largest absolute Gasteiger partial charge is 0.454 e. The molecule has 2 N–H and O–H groups in total. The van der Waals surface area contributed by atoms with E-state index in [1.807, 2.05) is 84.9 Å². The Kier molecular flexibility index (Phi) is 11.6. The average molecular weight is 730 g/mol. The summed E-state index contributed by atoms with van der Waals surface area (Å²) in [6.45, 7) is -0.605. The number of benzene rings is 5. The van der Waals surface area contributed by atoms with Gasteiger partial charge in [-0.2, -0.15) is 0 Å². The van der Waals surface area contributed by atoms with Gasteiger partial charge in [0.1, 0.15) is 6.10 Å². The summed E-state index contributed by atoms with van der Waals surface area (Å²) < 4.78 is 30.0. The number of para-hydroxylation sites is 1. The maximum Gasteiger partial charge on any atom is 0.412 e. The second-order valence-corrected chi connectivity index (χ2v) is 13.7. The molecule has 0 radical (unpaired) electrons. The van der Waals surface area contributed by atoms with Crippen molar-refractivity contribution in [3.63, 3.8) is 0 Å². The van der Waals surface area contributed by atoms with Crippen LogP contribution in [0.1, 0.15) is 24.0 Å². The van der Waals surface area contributed by atoms with E-state index >= 15 is 0 Å². The van der Waals surface area contributed by atoms with Crippen molar-refractivity contribution in [1.82, 2.24) is 0 Å². The summed E-state index contributed by atoms with van der Waals surface area (Å²) in [7, 11) is 1.36. The van der Waals surface area contributed by atoms with Crippen molar-refractivity contribution in [3.8, 4) is 0 Å². The normalized spacial score (nSPS) is 25.3. The van der Waals surface area contributed by atoms with Crippen LogP contribution in [0.25, 0.3) is 21.5 Å². The minimum absolute atomic E-state index is 0.328. The van der Waals surface area contributed by atoms with E-state index in [-0.39, 0.29) is 0 Å². The number of nitrogens with one attached hydrogen (secondary N) is 1. The molecule has 0 bridgehead atoms. The van der Waals surface area contributed by atoms with Crippen LogP contribution in [-0.4, -0.2) is 67.6 Å². The third-order valence-corrected chi connectivity index (χ3v) is 10.0. The van der Waals surface area contributed by atoms with Crippen LogP contribution in [0.2, 0.25) is 0 Å². The zero-order valence-electron chi connectivity index (χ0n) is 29.9. The van der Waals surface area contributed by atoms with E-state index in [1.54, 1.807) is 30.3 Å². The number of ether oxygens (including phenoxy) is 5. The highest BCUT2D eigenvalue weighted by atomic mass is 16.7. The van der Waals surface area contributed by atoms with Crippen LogP contribution in [0.4, 0.5) is 10.5 Å². The summed E-state index contributed by atoms with van der Waals surface area (Å²) in [5.74, 6) is -2.41. The first-order valence-corrected chi connectivity index (χ1v) is 18.2. The third-order valence-electron chi connectivity index (χ3n) is 10.0. The van der Waals surface area contributed by atoms with E-state index in [0.717, 1.165) is 32.7 Å². The molecule has 5 aromatic rings. The van der Waals surface area contributed by atoms with Gasteiger partial charge in [-0.05, 0) is 70.5 Å². The quantitative estimate of drug-likeness (QED) is 0.0971. The van der Waals surface area contributed by atoms with Gasteiger partial charge in [0, 0.05) is 12.8 Å². The highest BCUT2D eigenvalue weighted by molar-refractivity contribution is 5.85. The number of esters is 2. The van der Waals surface area contributed by atoms with Crippen LogP contribution < -0.4 is 5.32 Å². The van der Waals surface area contributed by atoms with E-state index in [2.05, 4.69) is 17.4 Å². The smallest absolute Gasteiger partial charge is 0.412 e. The lowest BCUT2D eigenvalue weighted by Gasteiger charge is -2.44. The van der Waals surface area contributed by atoms with Gasteiger partial charge in [0.25, 0.3) is 0 Å². The molecule has 2 aliphatic rings. The van der Waals surface area contributed by atoms with Gasteiger partial charge in [0.05, 0.1) is 18.4 Å². The fraction of sp³-hybridized carbons (Fsp3) is 0.295. The summed E-state index contributed by atoms with van der Waals surface area (Å²) in [6, 6.07) is 36.9. The first-order chi connectivity index (χ1) is 26.4. The number of amides is 1. The van der Waals surface area contributed by atoms with Crippen molar-refractivity contribution >= 4 is 45.3 Å². The molecule has 2 aliphatic heterocycles. The number of hydrogen-bond donors (Lipinski definition) is 2. The molecule has 54 heavy (non-hydrogen) atoms. The van der Waals surface area contributed by atoms with Crippen LogP contribution in [-0.2, 0) is 46.1 Å². The number of hydrogen-bond acceptors (Lipinski definition) is 9. The van der Waals surface area contributed by atoms with Gasteiger partial charge in [0.15, 0.2) is 24.6 Å². The third kappa shape index (κ3) is 8.63. The molecule has 0 saturated carbocycles. The van der Waals surface area contributed by atoms with Crippen LogP contribution >= 0.6 is 0 Å². The summed E-state index contributed by atoms with van der Waals surface area (Å²) in [4.78, 5) is 41.7. The molecule has 7 rings (SSSR count). The average Bonchev–Trinajstić information content (AvgIpc) is 3.19. The number of aliphatic hydroxyl groups excluding tert-OH is 1. The van der Waals surface area contributed by atoms with Crippen molar-refractivity contribution < 1.29 is 43.2 Å². The molecule has 0 spiro atoms. The Hall–Kier alpha value is -5.55. The standard InChI is InChI=1S/C44H43NO9/c1-50-43-40-39(38(37(27-46)51-43)54-44(49)45-36-17-3-2-4-18-36)52-41(47)34(25-28-19-21-30-11-5-7-13-32(30)23-28)15-9-10-16-35(42(48)53-40)26-29-20-22-31-12-6-8-14-33(31)24-29/h2-14,17-24,34-35,37-40,43,46H,15-16,25-27H2,1H3,(H,45,49)/b10-9-/t34-,35-,37-,38-,39+,40-,43+/m1/s1. The van der Waals surface area contributed by atoms with Crippen LogP contribution in [0, 0.1) is 11.8 Å². The fourth-order valence-electron chi connectivity index (χ4n) is 7.22. The van der Waals surface area contributed by atoms with Crippen molar-refractivity contribution in [3.05, 3.63) is 139 Å². The molecule has 1 saturated heterocycles. The molecule has 7 atom stereocenters. The minimum atomic E-state index is -1.39. The molecule has 0 aromatic heterocycles. The second-order valence-electron chi connectivity index (χ2n) is 13.7. The Labute approximate surface area is 313 Å². The molecule has 10 nitrogen and oxygen atoms in total. The first kappa shape index (κ1) is 36.8. The predicted molar refractivity (Wildman–Crippen MR) is 204 cm³/mol. The van der Waals surface area contributed by atoms with Gasteiger partial charge in [0.2, 0.25) is 0 Å². The molecule has 5 aromatic carbocycles. The highest BCUT2D eigenvalue weighted by Gasteiger charge is 2.53. The summed E-state index contributed by atoms with van der Waals surface area (Å²) in [6.07, 6.45) is -2.16. The second kappa shape index (κ2) is 17.1. The van der Waals surface area contributed by atoms with E-state index in [0.29, 0.717) is 31.4 Å². The lowest BCUT2D eigenvalue weighted by molar-refractivity contribution is -0.300. The number of aliphatic hydroxyl groups is 1. The Morgan fingerprint density at radius 2 is 1.22 bits per heavy atom. The lowest BCUT2D eigenvalue weighted by atomic mass is 9.91. The van der Waals surface area contributed by atoms with E-state index in [4.69, 9.17) is 23.7 Å². The number of rotatable bonds is 8. The van der Waals surface area contributed by atoms with Gasteiger partial charge in [-0.1, -0.05) is 115 Å². The molecule has 1 amide bonds. The predicted octanol–water partition coefficient (Wildman–Crippen LogP) is 7.17. The van der Waals surface area contributed by atoms with Crippen LogP contribution in [0.5, 0.6) is 0 Å². The zero-order chi connectivity index (χ0) is 37.4. The van der Waals surface area contributed by atoms with Crippen LogP contribution in [0.15, 0.2) is 127 Å². The molecule has 10 heteroatoms. The van der Waals surface area contributed by atoms with Crippen LogP contribution in [0.3, 0.4) is 0 Å². The summed E-state index contributed by atoms with van der Waals surface area (Å²) >= 11 is 0. The maximum atomic E-state index is 14.3. The number of anilines is 1. The SMILES string of the molecule is CO[C@H]1O[C@H](CO)[C@@H](OC(=O)Nc2ccccc2)[C@@H]2OC(=O)[C@@H](Cc3ccc4ccccc4c3)C/C=C\C[C@H](Cc3ccc4ccccc4c3)C(=O)O[C@@H]12. The summed E-state index contributed by atoms with van der Waals surface area (Å²) in [5, 5.41) is 17.4. The topological polar surface area (TPSA) is 130 Å². The van der Waals surface area contributed by atoms with E-state index in [1.165, 1.54) is 7.11 Å². The molecule has 0 unspecified atom stereocenters. The van der Waals surface area contributed by atoms with Crippen molar-refractivity contribution in [2.75, 3.05) is 19.0 Å². The van der Waals surface area contributed by atoms with Gasteiger partial charge < -0.3 is 28.8 Å². The van der Waals surface area contributed by atoms with Gasteiger partial charge in [-0.3, -0.25) is 14.9 Å². The number of allylic oxidation sites excluding steroid dienone is 2. The fourth-order valence-corrected chi connectivity index (χ4v) is 7.22. The molecular formula is C44H43NO9. The highest BCUT2D eigenvalue weighted by Crippen LogP contribution is 2.33. The molecule has 1 fully saturated rings. The number of carbonyl (C=O) groups is 3. The number of fused-ring (bicyclic) bond motifs is 3. The molecule has 0 aliphatic carbocycles. The van der Waals surface area contributed by atoms with Gasteiger partial charge in [-0.15, -0.1) is 0 Å². The van der Waals surface area contributed by atoms with Gasteiger partial charge >= 0.3 is 18.0 Å². The Morgan fingerprint density at radius 3 is 1.76 bits per heavy atom. The van der Waals surface area contributed by atoms with Crippen molar-refractivity contribution in [2.45, 2.75) is 56.4 Å².